The van der Waals surface area contributed by atoms with Gasteiger partial charge in [-0.3, -0.25) is 4.68 Å². The fourth-order valence-electron chi connectivity index (χ4n) is 3.00. The Morgan fingerprint density at radius 2 is 1.69 bits per heavy atom. The Balaban J connectivity index is 2.51. The number of halogens is 3. The molecule has 0 unspecified atom stereocenters. The molecule has 5 nitrogen and oxygen atoms in total. The molecule has 1 aromatic heterocycles. The molecule has 0 saturated heterocycles. The molecule has 0 amide bonds. The minimum atomic E-state index is -4.48. The predicted molar refractivity (Wildman–Crippen MR) is 92.4 cm³/mol. The minimum Gasteiger partial charge on any atom is -0.264 e. The summed E-state index contributed by atoms with van der Waals surface area (Å²) in [6, 6.07) is 5.22. The monoisotopic (exact) mass is 389 g/mol. The van der Waals surface area contributed by atoms with E-state index >= 15 is 0 Å². The summed E-state index contributed by atoms with van der Waals surface area (Å²) in [5.41, 5.74) is -0.108. The van der Waals surface area contributed by atoms with Crippen molar-refractivity contribution in [3.63, 3.8) is 0 Å². The summed E-state index contributed by atoms with van der Waals surface area (Å²) in [4.78, 5) is 0.0608. The van der Waals surface area contributed by atoms with Crippen LogP contribution in [0.4, 0.5) is 13.2 Å². The van der Waals surface area contributed by atoms with Crippen molar-refractivity contribution in [3.8, 4) is 0 Å². The second-order valence-electron chi connectivity index (χ2n) is 5.90. The molecule has 26 heavy (non-hydrogen) atoms. The fourth-order valence-corrected chi connectivity index (χ4v) is 4.83. The lowest BCUT2D eigenvalue weighted by atomic mass is 10.1. The van der Waals surface area contributed by atoms with Crippen LogP contribution in [-0.2, 0) is 22.7 Å². The van der Waals surface area contributed by atoms with Crippen molar-refractivity contribution in [2.45, 2.75) is 45.3 Å². The highest BCUT2D eigenvalue weighted by molar-refractivity contribution is 7.89. The van der Waals surface area contributed by atoms with Crippen molar-refractivity contribution in [3.05, 3.63) is 46.8 Å². The van der Waals surface area contributed by atoms with Crippen LogP contribution in [0.15, 0.2) is 29.2 Å². The van der Waals surface area contributed by atoms with Gasteiger partial charge in [0.2, 0.25) is 10.0 Å². The van der Waals surface area contributed by atoms with Gasteiger partial charge in [-0.1, -0.05) is 32.0 Å². The van der Waals surface area contributed by atoms with Crippen LogP contribution < -0.4 is 0 Å². The number of nitrogens with zero attached hydrogens (tertiary/aromatic N) is 3. The summed E-state index contributed by atoms with van der Waals surface area (Å²) >= 11 is 0. The third-order valence-electron chi connectivity index (χ3n) is 4.26. The normalized spacial score (nSPS) is 12.8. The van der Waals surface area contributed by atoms with Gasteiger partial charge in [0.15, 0.2) is 0 Å². The average Bonchev–Trinajstić information content (AvgIpc) is 2.82. The van der Waals surface area contributed by atoms with Crippen LogP contribution in [0, 0.1) is 13.8 Å². The molecule has 0 atom stereocenters. The Labute approximate surface area is 151 Å². The molecular formula is C17H22F3N3O2S. The van der Waals surface area contributed by atoms with Gasteiger partial charge in [0.1, 0.15) is 4.90 Å². The molecular weight excluding hydrogens is 367 g/mol. The standard InChI is InChI=1S/C17H22F3N3O2S/c1-5-22(6-2)26(24,25)16-12(3)21-23(13(16)4)11-14-9-7-8-10-15(14)17(18,19)20/h7-10H,5-6,11H2,1-4H3. The van der Waals surface area contributed by atoms with Gasteiger partial charge in [0, 0.05) is 13.1 Å². The van der Waals surface area contributed by atoms with Crippen LogP contribution in [0.2, 0.25) is 0 Å². The molecule has 0 spiro atoms. The van der Waals surface area contributed by atoms with E-state index < -0.39 is 21.8 Å². The molecule has 144 valence electrons. The van der Waals surface area contributed by atoms with Crippen molar-refractivity contribution < 1.29 is 21.6 Å². The van der Waals surface area contributed by atoms with Crippen LogP contribution in [0.1, 0.15) is 36.4 Å². The molecule has 0 radical (unpaired) electrons. The number of alkyl halides is 3. The zero-order valence-electron chi connectivity index (χ0n) is 15.1. The molecule has 0 saturated carbocycles. The maximum Gasteiger partial charge on any atom is 0.416 e. The zero-order valence-corrected chi connectivity index (χ0v) is 15.9. The Kier molecular flexibility index (Phi) is 5.82. The summed E-state index contributed by atoms with van der Waals surface area (Å²) in [6.45, 7) is 7.03. The predicted octanol–water partition coefficient (Wildman–Crippen LogP) is 3.60. The van der Waals surface area contributed by atoms with E-state index in [1.165, 1.54) is 27.2 Å². The average molecular weight is 389 g/mol. The number of aromatic nitrogens is 2. The van der Waals surface area contributed by atoms with Crippen molar-refractivity contribution >= 4 is 10.0 Å². The minimum absolute atomic E-state index is 0.0392. The zero-order chi connectivity index (χ0) is 19.7. The Bertz CT molecular complexity index is 885. The van der Waals surface area contributed by atoms with Crippen molar-refractivity contribution in [2.24, 2.45) is 0 Å². The molecule has 2 rings (SSSR count). The Morgan fingerprint density at radius 3 is 2.23 bits per heavy atom. The fraction of sp³-hybridized carbons (Fsp3) is 0.471. The van der Waals surface area contributed by atoms with Gasteiger partial charge in [0.05, 0.1) is 23.5 Å². The number of aryl methyl sites for hydroxylation is 1. The largest absolute Gasteiger partial charge is 0.416 e. The van der Waals surface area contributed by atoms with Gasteiger partial charge in [-0.2, -0.15) is 22.6 Å². The lowest BCUT2D eigenvalue weighted by Crippen LogP contribution is -2.31. The van der Waals surface area contributed by atoms with E-state index in [0.717, 1.165) is 6.07 Å². The molecule has 1 heterocycles. The first-order chi connectivity index (χ1) is 12.0. The number of hydrogen-bond acceptors (Lipinski definition) is 3. The molecule has 9 heteroatoms. The van der Waals surface area contributed by atoms with Gasteiger partial charge in [-0.25, -0.2) is 8.42 Å². The summed E-state index contributed by atoms with van der Waals surface area (Å²) in [5, 5.41) is 4.19. The molecule has 0 aliphatic heterocycles. The molecule has 0 N–H and O–H groups in total. The van der Waals surface area contributed by atoms with Crippen molar-refractivity contribution in [1.29, 1.82) is 0 Å². The summed E-state index contributed by atoms with van der Waals surface area (Å²) in [6.07, 6.45) is -4.48. The summed E-state index contributed by atoms with van der Waals surface area (Å²) in [7, 11) is -3.74. The number of rotatable bonds is 6. The Morgan fingerprint density at radius 1 is 1.12 bits per heavy atom. The second-order valence-corrected chi connectivity index (χ2v) is 7.78. The summed E-state index contributed by atoms with van der Waals surface area (Å²) < 4.78 is 67.8. The number of sulfonamides is 1. The highest BCUT2D eigenvalue weighted by Crippen LogP contribution is 2.33. The van der Waals surface area contributed by atoms with Gasteiger partial charge in [-0.15, -0.1) is 0 Å². The van der Waals surface area contributed by atoms with E-state index in [1.807, 2.05) is 0 Å². The summed E-state index contributed by atoms with van der Waals surface area (Å²) in [5.74, 6) is 0. The highest BCUT2D eigenvalue weighted by atomic mass is 32.2. The van der Waals surface area contributed by atoms with Crippen molar-refractivity contribution in [1.82, 2.24) is 14.1 Å². The van der Waals surface area contributed by atoms with Gasteiger partial charge >= 0.3 is 6.18 Å². The van der Waals surface area contributed by atoms with Gasteiger partial charge in [-0.05, 0) is 25.5 Å². The first-order valence-electron chi connectivity index (χ1n) is 8.23. The Hall–Kier alpha value is -1.87. The molecule has 1 aromatic carbocycles. The van der Waals surface area contributed by atoms with Gasteiger partial charge < -0.3 is 0 Å². The first kappa shape index (κ1) is 20.4. The maximum absolute atomic E-state index is 13.2. The van der Waals surface area contributed by atoms with Crippen molar-refractivity contribution in [2.75, 3.05) is 13.1 Å². The third kappa shape index (κ3) is 3.78. The lowest BCUT2D eigenvalue weighted by molar-refractivity contribution is -0.138. The molecule has 0 aliphatic rings. The second kappa shape index (κ2) is 7.40. The SMILES string of the molecule is CCN(CC)S(=O)(=O)c1c(C)nn(Cc2ccccc2C(F)(F)F)c1C. The van der Waals surface area contributed by atoms with Gasteiger partial charge in [0.25, 0.3) is 0 Å². The third-order valence-corrected chi connectivity index (χ3v) is 6.56. The number of benzene rings is 1. The van der Waals surface area contributed by atoms with E-state index in [1.54, 1.807) is 27.7 Å². The van der Waals surface area contributed by atoms with Crippen LogP contribution in [0.25, 0.3) is 0 Å². The van der Waals surface area contributed by atoms with E-state index in [0.29, 0.717) is 18.8 Å². The van der Waals surface area contributed by atoms with Crippen LogP contribution in [-0.4, -0.2) is 35.6 Å². The van der Waals surface area contributed by atoms with Crippen LogP contribution >= 0.6 is 0 Å². The number of hydrogen-bond donors (Lipinski definition) is 0. The van der Waals surface area contributed by atoms with E-state index in [9.17, 15) is 21.6 Å². The molecule has 0 bridgehead atoms. The smallest absolute Gasteiger partial charge is 0.264 e. The lowest BCUT2D eigenvalue weighted by Gasteiger charge is -2.18. The molecule has 0 fully saturated rings. The quantitative estimate of drug-likeness (QED) is 0.759. The first-order valence-corrected chi connectivity index (χ1v) is 9.67. The molecule has 2 aromatic rings. The van der Waals surface area contributed by atoms with Crippen LogP contribution in [0.3, 0.4) is 0 Å². The maximum atomic E-state index is 13.2. The van der Waals surface area contributed by atoms with E-state index in [-0.39, 0.29) is 22.7 Å². The van der Waals surface area contributed by atoms with Crippen LogP contribution in [0.5, 0.6) is 0 Å². The van der Waals surface area contributed by atoms with E-state index in [4.69, 9.17) is 0 Å². The van der Waals surface area contributed by atoms with E-state index in [2.05, 4.69) is 5.10 Å². The topological polar surface area (TPSA) is 55.2 Å². The highest BCUT2D eigenvalue weighted by Gasteiger charge is 2.34. The molecule has 0 aliphatic carbocycles.